The zero-order valence-electron chi connectivity index (χ0n) is 6.45. The molecule has 0 unspecified atom stereocenters. The van der Waals surface area contributed by atoms with E-state index in [2.05, 4.69) is 6.92 Å². The van der Waals surface area contributed by atoms with Gasteiger partial charge in [-0.05, 0) is 12.8 Å². The Morgan fingerprint density at radius 1 is 1.30 bits per heavy atom. The van der Waals surface area contributed by atoms with Crippen molar-refractivity contribution in [2.45, 2.75) is 32.6 Å². The van der Waals surface area contributed by atoms with E-state index in [1.165, 1.54) is 18.8 Å². The van der Waals surface area contributed by atoms with Gasteiger partial charge in [0.15, 0.2) is 0 Å². The highest BCUT2D eigenvalue weighted by Gasteiger charge is 1.95. The van der Waals surface area contributed by atoms with Crippen LogP contribution in [-0.2, 0) is 0 Å². The fourth-order valence-electron chi connectivity index (χ4n) is 0.730. The lowest BCUT2D eigenvalue weighted by Crippen LogP contribution is -2.05. The summed E-state index contributed by atoms with van der Waals surface area (Å²) in [7, 11) is -1.28. The van der Waals surface area contributed by atoms with Crippen LogP contribution in [0.4, 0.5) is 0 Å². The fraction of sp³-hybridized carbons (Fsp3) is 0.714. The lowest BCUT2D eigenvalue weighted by Gasteiger charge is -1.90. The van der Waals surface area contributed by atoms with Crippen LogP contribution in [0.1, 0.15) is 32.6 Å². The van der Waals surface area contributed by atoms with Crippen LogP contribution >= 0.6 is 0 Å². The first-order chi connectivity index (χ1) is 4.77. The highest BCUT2D eigenvalue weighted by molar-refractivity contribution is 6.47. The van der Waals surface area contributed by atoms with Gasteiger partial charge in [0, 0.05) is 0 Å². The lowest BCUT2D eigenvalue weighted by molar-refractivity contribution is 0.424. The highest BCUT2D eigenvalue weighted by Crippen LogP contribution is 1.99. The summed E-state index contributed by atoms with van der Waals surface area (Å²) < 4.78 is 0. The van der Waals surface area contributed by atoms with Gasteiger partial charge in [-0.15, -0.1) is 0 Å². The van der Waals surface area contributed by atoms with Crippen LogP contribution in [-0.4, -0.2) is 17.2 Å². The van der Waals surface area contributed by atoms with Crippen molar-refractivity contribution in [1.82, 2.24) is 0 Å². The van der Waals surface area contributed by atoms with Crippen LogP contribution in [0.5, 0.6) is 0 Å². The highest BCUT2D eigenvalue weighted by atomic mass is 16.4. The van der Waals surface area contributed by atoms with Crippen LogP contribution in [0, 0.1) is 0 Å². The fourth-order valence-corrected chi connectivity index (χ4v) is 0.730. The Bertz CT molecular complexity index is 91.6. The molecule has 0 aliphatic carbocycles. The molecule has 0 aromatic heterocycles. The number of rotatable bonds is 5. The Kier molecular flexibility index (Phi) is 6.65. The molecule has 0 spiro atoms. The molecule has 0 aromatic rings. The number of hydrogen-bond donors (Lipinski definition) is 2. The molecule has 0 saturated heterocycles. The summed E-state index contributed by atoms with van der Waals surface area (Å²) in [4.78, 5) is 0. The quantitative estimate of drug-likeness (QED) is 0.446. The molecule has 0 radical (unpaired) electrons. The van der Waals surface area contributed by atoms with Crippen LogP contribution in [0.3, 0.4) is 0 Å². The van der Waals surface area contributed by atoms with E-state index in [0.29, 0.717) is 0 Å². The summed E-state index contributed by atoms with van der Waals surface area (Å²) in [5.41, 5.74) is 0. The Morgan fingerprint density at radius 2 is 2.00 bits per heavy atom. The van der Waals surface area contributed by atoms with Crippen LogP contribution < -0.4 is 0 Å². The smallest absolute Gasteiger partial charge is 0.424 e. The molecule has 10 heavy (non-hydrogen) atoms. The van der Waals surface area contributed by atoms with Crippen molar-refractivity contribution in [2.24, 2.45) is 0 Å². The van der Waals surface area contributed by atoms with E-state index in [4.69, 9.17) is 10.0 Å². The molecule has 0 heterocycles. The van der Waals surface area contributed by atoms with Crippen molar-refractivity contribution >= 4 is 7.12 Å². The second-order valence-corrected chi connectivity index (χ2v) is 2.34. The molecule has 0 atom stereocenters. The maximum atomic E-state index is 8.38. The third kappa shape index (κ3) is 7.72. The first kappa shape index (κ1) is 9.72. The van der Waals surface area contributed by atoms with E-state index in [-0.39, 0.29) is 0 Å². The van der Waals surface area contributed by atoms with Gasteiger partial charge in [0.2, 0.25) is 0 Å². The number of hydrogen-bond acceptors (Lipinski definition) is 2. The summed E-state index contributed by atoms with van der Waals surface area (Å²) >= 11 is 0. The van der Waals surface area contributed by atoms with Crippen molar-refractivity contribution in [3.8, 4) is 0 Å². The minimum absolute atomic E-state index is 0.950. The van der Waals surface area contributed by atoms with E-state index in [9.17, 15) is 0 Å². The van der Waals surface area contributed by atoms with Crippen molar-refractivity contribution in [1.29, 1.82) is 0 Å². The summed E-state index contributed by atoms with van der Waals surface area (Å²) in [5.74, 6) is 1.40. The van der Waals surface area contributed by atoms with Gasteiger partial charge in [0.1, 0.15) is 0 Å². The van der Waals surface area contributed by atoms with Gasteiger partial charge < -0.3 is 10.0 Å². The zero-order chi connectivity index (χ0) is 7.82. The molecule has 2 N–H and O–H groups in total. The normalized spacial score (nSPS) is 10.7. The minimum atomic E-state index is -1.28. The van der Waals surface area contributed by atoms with Gasteiger partial charge in [-0.25, -0.2) is 0 Å². The minimum Gasteiger partial charge on any atom is -0.424 e. The van der Waals surface area contributed by atoms with Crippen LogP contribution in [0.15, 0.2) is 12.1 Å². The number of allylic oxidation sites excluding steroid dienone is 1. The van der Waals surface area contributed by atoms with Gasteiger partial charge >= 0.3 is 7.12 Å². The first-order valence-electron chi connectivity index (χ1n) is 3.80. The Morgan fingerprint density at radius 3 is 2.50 bits per heavy atom. The molecule has 0 saturated carbocycles. The summed E-state index contributed by atoms with van der Waals surface area (Å²) in [6, 6.07) is 0. The molecule has 0 bridgehead atoms. The molecule has 0 amide bonds. The van der Waals surface area contributed by atoms with Gasteiger partial charge in [-0.2, -0.15) is 0 Å². The summed E-state index contributed by atoms with van der Waals surface area (Å²) in [6.07, 6.45) is 6.31. The Hall–Kier alpha value is -0.275. The second kappa shape index (κ2) is 6.84. The molecule has 3 heteroatoms. The largest absolute Gasteiger partial charge is 0.480 e. The van der Waals surface area contributed by atoms with Gasteiger partial charge in [0.05, 0.1) is 0 Å². The second-order valence-electron chi connectivity index (χ2n) is 2.34. The molecule has 0 rings (SSSR count). The maximum Gasteiger partial charge on any atom is 0.480 e. The maximum absolute atomic E-state index is 8.38. The lowest BCUT2D eigenvalue weighted by atomic mass is 9.91. The third-order valence-electron chi connectivity index (χ3n) is 1.28. The summed E-state index contributed by atoms with van der Waals surface area (Å²) in [6.45, 7) is 2.14. The third-order valence-corrected chi connectivity index (χ3v) is 1.28. The number of unbranched alkanes of at least 4 members (excludes halogenated alkanes) is 3. The van der Waals surface area contributed by atoms with Gasteiger partial charge in [-0.1, -0.05) is 31.8 Å². The first-order valence-corrected chi connectivity index (χ1v) is 3.80. The Labute approximate surface area is 62.7 Å². The topological polar surface area (TPSA) is 40.5 Å². The van der Waals surface area contributed by atoms with Crippen LogP contribution in [0.2, 0.25) is 0 Å². The average molecular weight is 142 g/mol. The molecular formula is C7H15BO2. The average Bonchev–Trinajstić information content (AvgIpc) is 1.87. The van der Waals surface area contributed by atoms with Crippen molar-refractivity contribution in [3.05, 3.63) is 12.1 Å². The van der Waals surface area contributed by atoms with Crippen LogP contribution in [0.25, 0.3) is 0 Å². The van der Waals surface area contributed by atoms with E-state index in [0.717, 1.165) is 12.8 Å². The van der Waals surface area contributed by atoms with Gasteiger partial charge in [0.25, 0.3) is 0 Å². The molecule has 0 aliphatic heterocycles. The van der Waals surface area contributed by atoms with Crippen molar-refractivity contribution in [3.63, 3.8) is 0 Å². The monoisotopic (exact) mass is 142 g/mol. The SMILES string of the molecule is CCCCC/C=C/B(O)O. The Balaban J connectivity index is 3.02. The van der Waals surface area contributed by atoms with E-state index in [1.807, 2.05) is 0 Å². The predicted octanol–water partition coefficient (Wildman–Crippen LogP) is 1.13. The molecule has 2 nitrogen and oxygen atoms in total. The molecular weight excluding hydrogens is 127 g/mol. The molecule has 0 fully saturated rings. The zero-order valence-corrected chi connectivity index (χ0v) is 6.45. The summed E-state index contributed by atoms with van der Waals surface area (Å²) in [5, 5.41) is 16.8. The van der Waals surface area contributed by atoms with E-state index >= 15 is 0 Å². The van der Waals surface area contributed by atoms with Crippen molar-refractivity contribution in [2.75, 3.05) is 0 Å². The molecule has 0 aliphatic rings. The molecule has 0 aromatic carbocycles. The van der Waals surface area contributed by atoms with E-state index in [1.54, 1.807) is 6.08 Å². The predicted molar refractivity (Wildman–Crippen MR) is 43.5 cm³/mol. The van der Waals surface area contributed by atoms with Crippen molar-refractivity contribution < 1.29 is 10.0 Å². The van der Waals surface area contributed by atoms with E-state index < -0.39 is 7.12 Å². The van der Waals surface area contributed by atoms with Gasteiger partial charge in [-0.3, -0.25) is 0 Å². The standard InChI is InChI=1S/C7H15BO2/c1-2-3-4-5-6-7-8(9)10/h6-7,9-10H,2-5H2,1H3/b7-6+. The molecule has 58 valence electrons.